The third-order valence-corrected chi connectivity index (χ3v) is 4.95. The van der Waals surface area contributed by atoms with Gasteiger partial charge in [0.1, 0.15) is 17.3 Å². The standard InChI is InChI=1S/C19H21N3O4S/c1-22-7-6-20-19(22)27-12-14-4-5-17(26-14)18(23)21-11-13-8-15(24-2)10-16(9-13)25-3/h4-10H,11-12H2,1-3H3,(H,21,23). The van der Waals surface area contributed by atoms with Crippen molar-refractivity contribution in [3.05, 3.63) is 59.8 Å². The molecule has 2 heterocycles. The minimum atomic E-state index is -0.273. The number of hydrogen-bond donors (Lipinski definition) is 1. The van der Waals surface area contributed by atoms with Crippen LogP contribution in [0.1, 0.15) is 21.9 Å². The Morgan fingerprint density at radius 1 is 1.22 bits per heavy atom. The van der Waals surface area contributed by atoms with Gasteiger partial charge in [-0.1, -0.05) is 11.8 Å². The highest BCUT2D eigenvalue weighted by molar-refractivity contribution is 7.98. The second-order valence-corrected chi connectivity index (χ2v) is 6.72. The highest BCUT2D eigenvalue weighted by Gasteiger charge is 2.12. The predicted octanol–water partition coefficient (Wildman–Crippen LogP) is 3.25. The predicted molar refractivity (Wildman–Crippen MR) is 102 cm³/mol. The lowest BCUT2D eigenvalue weighted by atomic mass is 10.2. The highest BCUT2D eigenvalue weighted by atomic mass is 32.2. The summed E-state index contributed by atoms with van der Waals surface area (Å²) in [6, 6.07) is 8.96. The molecule has 0 saturated heterocycles. The van der Waals surface area contributed by atoms with Gasteiger partial charge in [-0.3, -0.25) is 4.79 Å². The fourth-order valence-electron chi connectivity index (χ4n) is 2.44. The summed E-state index contributed by atoms with van der Waals surface area (Å²) in [7, 11) is 5.11. The monoisotopic (exact) mass is 387 g/mol. The molecule has 0 atom stereocenters. The van der Waals surface area contributed by atoms with Crippen LogP contribution in [0.15, 0.2) is 52.3 Å². The number of methoxy groups -OCH3 is 2. The smallest absolute Gasteiger partial charge is 0.287 e. The van der Waals surface area contributed by atoms with Crippen molar-refractivity contribution in [1.82, 2.24) is 14.9 Å². The summed E-state index contributed by atoms with van der Waals surface area (Å²) in [4.78, 5) is 16.6. The lowest BCUT2D eigenvalue weighted by Gasteiger charge is -2.09. The number of carbonyl (C=O) groups is 1. The molecule has 8 heteroatoms. The molecule has 0 bridgehead atoms. The minimum Gasteiger partial charge on any atom is -0.497 e. The van der Waals surface area contributed by atoms with Crippen LogP contribution in [-0.2, 0) is 19.3 Å². The maximum atomic E-state index is 12.3. The van der Waals surface area contributed by atoms with Gasteiger partial charge in [0, 0.05) is 32.1 Å². The van der Waals surface area contributed by atoms with E-state index in [1.54, 1.807) is 50.4 Å². The number of nitrogens with one attached hydrogen (secondary N) is 1. The van der Waals surface area contributed by atoms with Gasteiger partial charge in [-0.2, -0.15) is 0 Å². The fourth-order valence-corrected chi connectivity index (χ4v) is 3.27. The first-order chi connectivity index (χ1) is 13.1. The minimum absolute atomic E-state index is 0.273. The zero-order valence-corrected chi connectivity index (χ0v) is 16.2. The molecule has 27 heavy (non-hydrogen) atoms. The molecule has 0 aliphatic rings. The summed E-state index contributed by atoms with van der Waals surface area (Å²) in [6.07, 6.45) is 3.63. The number of benzene rings is 1. The van der Waals surface area contributed by atoms with Crippen molar-refractivity contribution in [2.24, 2.45) is 7.05 Å². The van der Waals surface area contributed by atoms with E-state index in [9.17, 15) is 4.79 Å². The number of hydrogen-bond acceptors (Lipinski definition) is 6. The normalized spacial score (nSPS) is 10.6. The zero-order valence-electron chi connectivity index (χ0n) is 15.4. The Kier molecular flexibility index (Phi) is 6.08. The molecule has 3 rings (SSSR count). The molecule has 0 aliphatic heterocycles. The Labute approximate surface area is 161 Å². The molecule has 3 aromatic rings. The number of nitrogens with zero attached hydrogens (tertiary/aromatic N) is 2. The Balaban J connectivity index is 1.57. The van der Waals surface area contributed by atoms with Crippen LogP contribution >= 0.6 is 11.8 Å². The van der Waals surface area contributed by atoms with Crippen molar-refractivity contribution in [2.75, 3.05) is 14.2 Å². The summed E-state index contributed by atoms with van der Waals surface area (Å²) >= 11 is 1.55. The zero-order chi connectivity index (χ0) is 19.2. The Morgan fingerprint density at radius 3 is 2.59 bits per heavy atom. The first kappa shape index (κ1) is 18.9. The van der Waals surface area contributed by atoms with Crippen LogP contribution in [-0.4, -0.2) is 29.7 Å². The van der Waals surface area contributed by atoms with Crippen LogP contribution in [0.3, 0.4) is 0 Å². The van der Waals surface area contributed by atoms with Gasteiger partial charge in [0.25, 0.3) is 5.91 Å². The van der Waals surface area contributed by atoms with E-state index < -0.39 is 0 Å². The van der Waals surface area contributed by atoms with E-state index in [2.05, 4.69) is 10.3 Å². The van der Waals surface area contributed by atoms with Gasteiger partial charge in [0.2, 0.25) is 0 Å². The number of amides is 1. The number of carbonyl (C=O) groups excluding carboxylic acids is 1. The second kappa shape index (κ2) is 8.68. The Hall–Kier alpha value is -2.87. The van der Waals surface area contributed by atoms with Gasteiger partial charge in [-0.15, -0.1) is 0 Å². The number of imidazole rings is 1. The van der Waals surface area contributed by atoms with Crippen molar-refractivity contribution >= 4 is 17.7 Å². The van der Waals surface area contributed by atoms with Gasteiger partial charge in [-0.25, -0.2) is 4.98 Å². The van der Waals surface area contributed by atoms with Gasteiger partial charge < -0.3 is 23.8 Å². The summed E-state index contributed by atoms with van der Waals surface area (Å²) in [5.74, 6) is 2.67. The van der Waals surface area contributed by atoms with Gasteiger partial charge in [-0.05, 0) is 29.8 Å². The number of furan rings is 1. The lowest BCUT2D eigenvalue weighted by Crippen LogP contribution is -2.22. The van der Waals surface area contributed by atoms with E-state index in [-0.39, 0.29) is 11.7 Å². The quantitative estimate of drug-likeness (QED) is 0.598. The summed E-state index contributed by atoms with van der Waals surface area (Å²) < 4.78 is 18.1. The number of aryl methyl sites for hydroxylation is 1. The van der Waals surface area contributed by atoms with Crippen LogP contribution in [0.2, 0.25) is 0 Å². The topological polar surface area (TPSA) is 78.5 Å². The summed E-state index contributed by atoms with van der Waals surface area (Å²) in [5, 5.41) is 3.74. The number of thioether (sulfide) groups is 1. The van der Waals surface area contributed by atoms with E-state index >= 15 is 0 Å². The van der Waals surface area contributed by atoms with E-state index in [1.165, 1.54) is 0 Å². The van der Waals surface area contributed by atoms with Gasteiger partial charge in [0.15, 0.2) is 10.9 Å². The molecule has 7 nitrogen and oxygen atoms in total. The highest BCUT2D eigenvalue weighted by Crippen LogP contribution is 2.23. The van der Waals surface area contributed by atoms with Crippen molar-refractivity contribution in [3.63, 3.8) is 0 Å². The third kappa shape index (κ3) is 4.85. The molecule has 0 fully saturated rings. The lowest BCUT2D eigenvalue weighted by molar-refractivity contribution is 0.0921. The van der Waals surface area contributed by atoms with E-state index in [1.807, 2.05) is 29.9 Å². The Bertz CT molecular complexity index is 897. The van der Waals surface area contributed by atoms with E-state index in [0.29, 0.717) is 23.8 Å². The van der Waals surface area contributed by atoms with E-state index in [4.69, 9.17) is 13.9 Å². The maximum Gasteiger partial charge on any atom is 0.287 e. The van der Waals surface area contributed by atoms with E-state index in [0.717, 1.165) is 16.5 Å². The molecule has 0 aliphatic carbocycles. The second-order valence-electron chi connectivity index (χ2n) is 5.78. The van der Waals surface area contributed by atoms with Gasteiger partial charge in [0.05, 0.1) is 20.0 Å². The molecule has 1 N–H and O–H groups in total. The molecule has 2 aromatic heterocycles. The summed E-state index contributed by atoms with van der Waals surface area (Å²) in [5.41, 5.74) is 0.872. The molecule has 1 aromatic carbocycles. The SMILES string of the molecule is COc1cc(CNC(=O)c2ccc(CSc3nccn3C)o2)cc(OC)c1. The first-order valence-electron chi connectivity index (χ1n) is 8.28. The largest absolute Gasteiger partial charge is 0.497 e. The van der Waals surface area contributed by atoms with Crippen molar-refractivity contribution in [3.8, 4) is 11.5 Å². The maximum absolute atomic E-state index is 12.3. The van der Waals surface area contributed by atoms with Crippen LogP contribution in [0.4, 0.5) is 0 Å². The molecular weight excluding hydrogens is 366 g/mol. The molecule has 142 valence electrons. The van der Waals surface area contributed by atoms with Gasteiger partial charge >= 0.3 is 0 Å². The number of aromatic nitrogens is 2. The van der Waals surface area contributed by atoms with Crippen molar-refractivity contribution in [1.29, 1.82) is 0 Å². The van der Waals surface area contributed by atoms with Crippen LogP contribution in [0, 0.1) is 0 Å². The van der Waals surface area contributed by atoms with Crippen LogP contribution in [0.25, 0.3) is 0 Å². The molecule has 0 unspecified atom stereocenters. The Morgan fingerprint density at radius 2 is 1.96 bits per heavy atom. The van der Waals surface area contributed by atoms with Crippen LogP contribution in [0.5, 0.6) is 11.5 Å². The first-order valence-corrected chi connectivity index (χ1v) is 9.26. The molecule has 0 saturated carbocycles. The molecular formula is C19H21N3O4S. The fraction of sp³-hybridized carbons (Fsp3) is 0.263. The van der Waals surface area contributed by atoms with Crippen LogP contribution < -0.4 is 14.8 Å². The molecule has 1 amide bonds. The number of rotatable bonds is 8. The average molecular weight is 387 g/mol. The van der Waals surface area contributed by atoms with Crippen molar-refractivity contribution in [2.45, 2.75) is 17.5 Å². The molecule has 0 spiro atoms. The number of ether oxygens (including phenoxy) is 2. The third-order valence-electron chi connectivity index (χ3n) is 3.87. The average Bonchev–Trinajstić information content (AvgIpc) is 3.33. The molecule has 0 radical (unpaired) electrons. The summed E-state index contributed by atoms with van der Waals surface area (Å²) in [6.45, 7) is 0.338. The van der Waals surface area contributed by atoms with Crippen molar-refractivity contribution < 1.29 is 18.7 Å².